The summed E-state index contributed by atoms with van der Waals surface area (Å²) >= 11 is 0. The number of hydrogen-bond acceptors (Lipinski definition) is 1. The summed E-state index contributed by atoms with van der Waals surface area (Å²) in [6.07, 6.45) is 0. The van der Waals surface area contributed by atoms with Crippen LogP contribution in [0.3, 0.4) is 0 Å². The Balaban J connectivity index is 2.03. The van der Waals surface area contributed by atoms with Crippen LogP contribution in [0.1, 0.15) is 11.1 Å². The summed E-state index contributed by atoms with van der Waals surface area (Å²) in [5.74, 6) is 0. The molecular formula is C20H19N. The van der Waals surface area contributed by atoms with Gasteiger partial charge in [0, 0.05) is 16.9 Å². The van der Waals surface area contributed by atoms with Crippen molar-refractivity contribution in [3.05, 3.63) is 83.9 Å². The molecule has 0 fully saturated rings. The molecule has 0 spiro atoms. The van der Waals surface area contributed by atoms with Crippen molar-refractivity contribution in [1.29, 1.82) is 0 Å². The average Bonchev–Trinajstić information content (AvgIpc) is 2.48. The van der Waals surface area contributed by atoms with Gasteiger partial charge in [0.05, 0.1) is 0 Å². The van der Waals surface area contributed by atoms with Crippen LogP contribution in [0.2, 0.25) is 0 Å². The molecule has 3 rings (SSSR count). The molecule has 3 aromatic carbocycles. The Labute approximate surface area is 126 Å². The standard InChI is InChI=1S/C20H19N/c1-15-7-6-10-18(13-15)21-20-14-16(2)11-12-19(20)17-8-4-3-5-9-17/h3-14,21H,1-2H3. The predicted molar refractivity (Wildman–Crippen MR) is 91.1 cm³/mol. The zero-order valence-electron chi connectivity index (χ0n) is 12.4. The molecule has 1 heteroatoms. The van der Waals surface area contributed by atoms with E-state index in [1.54, 1.807) is 0 Å². The molecule has 21 heavy (non-hydrogen) atoms. The summed E-state index contributed by atoms with van der Waals surface area (Å²) in [6, 6.07) is 25.5. The number of benzene rings is 3. The molecular weight excluding hydrogens is 254 g/mol. The van der Waals surface area contributed by atoms with Crippen LogP contribution in [0.5, 0.6) is 0 Å². The van der Waals surface area contributed by atoms with Crippen LogP contribution in [0.15, 0.2) is 72.8 Å². The second-order valence-corrected chi connectivity index (χ2v) is 5.41. The van der Waals surface area contributed by atoms with Crippen LogP contribution in [0.4, 0.5) is 11.4 Å². The van der Waals surface area contributed by atoms with Crippen molar-refractivity contribution in [2.45, 2.75) is 13.8 Å². The molecule has 104 valence electrons. The minimum atomic E-state index is 1.12. The third kappa shape index (κ3) is 3.14. The first-order valence-corrected chi connectivity index (χ1v) is 7.22. The highest BCUT2D eigenvalue weighted by Crippen LogP contribution is 2.31. The highest BCUT2D eigenvalue weighted by atomic mass is 14.9. The lowest BCUT2D eigenvalue weighted by atomic mass is 10.0. The van der Waals surface area contributed by atoms with Gasteiger partial charge in [-0.25, -0.2) is 0 Å². The number of rotatable bonds is 3. The third-order valence-electron chi connectivity index (χ3n) is 3.56. The summed E-state index contributed by atoms with van der Waals surface area (Å²) < 4.78 is 0. The summed E-state index contributed by atoms with van der Waals surface area (Å²) in [5, 5.41) is 3.55. The summed E-state index contributed by atoms with van der Waals surface area (Å²) in [6.45, 7) is 4.23. The van der Waals surface area contributed by atoms with Crippen molar-refractivity contribution in [3.63, 3.8) is 0 Å². The molecule has 0 aliphatic rings. The molecule has 0 aliphatic carbocycles. The minimum Gasteiger partial charge on any atom is -0.355 e. The van der Waals surface area contributed by atoms with Gasteiger partial charge in [-0.05, 0) is 48.7 Å². The maximum Gasteiger partial charge on any atom is 0.0466 e. The average molecular weight is 273 g/mol. The summed E-state index contributed by atoms with van der Waals surface area (Å²) in [4.78, 5) is 0. The number of hydrogen-bond donors (Lipinski definition) is 1. The number of aryl methyl sites for hydroxylation is 2. The Kier molecular flexibility index (Phi) is 3.74. The second-order valence-electron chi connectivity index (χ2n) is 5.41. The Morgan fingerprint density at radius 3 is 2.19 bits per heavy atom. The molecule has 0 radical (unpaired) electrons. The molecule has 1 nitrogen and oxygen atoms in total. The SMILES string of the molecule is Cc1cccc(Nc2cc(C)ccc2-c2ccccc2)c1. The van der Waals surface area contributed by atoms with Gasteiger partial charge in [-0.15, -0.1) is 0 Å². The molecule has 0 saturated carbocycles. The van der Waals surface area contributed by atoms with Crippen LogP contribution >= 0.6 is 0 Å². The Morgan fingerprint density at radius 1 is 0.667 bits per heavy atom. The molecule has 0 heterocycles. The van der Waals surface area contributed by atoms with E-state index in [1.165, 1.54) is 22.3 Å². The van der Waals surface area contributed by atoms with Crippen LogP contribution in [0.25, 0.3) is 11.1 Å². The monoisotopic (exact) mass is 273 g/mol. The summed E-state index contributed by atoms with van der Waals surface area (Å²) in [5.41, 5.74) is 7.23. The van der Waals surface area contributed by atoms with Gasteiger partial charge in [-0.2, -0.15) is 0 Å². The fraction of sp³-hybridized carbons (Fsp3) is 0.100. The van der Waals surface area contributed by atoms with Crippen LogP contribution < -0.4 is 5.32 Å². The van der Waals surface area contributed by atoms with Gasteiger partial charge in [0.2, 0.25) is 0 Å². The lowest BCUT2D eigenvalue weighted by molar-refractivity contribution is 1.42. The Hall–Kier alpha value is -2.54. The van der Waals surface area contributed by atoms with E-state index in [9.17, 15) is 0 Å². The molecule has 0 unspecified atom stereocenters. The lowest BCUT2D eigenvalue weighted by Crippen LogP contribution is -1.94. The first-order valence-electron chi connectivity index (χ1n) is 7.22. The molecule has 1 N–H and O–H groups in total. The van der Waals surface area contributed by atoms with Gasteiger partial charge < -0.3 is 5.32 Å². The molecule has 0 aromatic heterocycles. The maximum absolute atomic E-state index is 3.55. The van der Waals surface area contributed by atoms with E-state index in [0.717, 1.165) is 11.4 Å². The van der Waals surface area contributed by atoms with Gasteiger partial charge in [-0.3, -0.25) is 0 Å². The topological polar surface area (TPSA) is 12.0 Å². The highest BCUT2D eigenvalue weighted by Gasteiger charge is 2.05. The molecule has 0 amide bonds. The fourth-order valence-electron chi connectivity index (χ4n) is 2.51. The van der Waals surface area contributed by atoms with Gasteiger partial charge in [0.1, 0.15) is 0 Å². The van der Waals surface area contributed by atoms with E-state index in [0.29, 0.717) is 0 Å². The second kappa shape index (κ2) is 5.84. The third-order valence-corrected chi connectivity index (χ3v) is 3.56. The fourth-order valence-corrected chi connectivity index (χ4v) is 2.51. The van der Waals surface area contributed by atoms with Crippen LogP contribution in [-0.2, 0) is 0 Å². The number of anilines is 2. The molecule has 0 aliphatic heterocycles. The Bertz CT molecular complexity index is 745. The molecule has 0 atom stereocenters. The van der Waals surface area contributed by atoms with Crippen molar-refractivity contribution in [1.82, 2.24) is 0 Å². The van der Waals surface area contributed by atoms with Gasteiger partial charge >= 0.3 is 0 Å². The normalized spacial score (nSPS) is 10.4. The van der Waals surface area contributed by atoms with E-state index in [1.807, 2.05) is 6.07 Å². The summed E-state index contributed by atoms with van der Waals surface area (Å²) in [7, 11) is 0. The van der Waals surface area contributed by atoms with Gasteiger partial charge in [-0.1, -0.05) is 54.6 Å². The van der Waals surface area contributed by atoms with E-state index in [2.05, 4.69) is 85.9 Å². The largest absolute Gasteiger partial charge is 0.355 e. The van der Waals surface area contributed by atoms with Crippen molar-refractivity contribution in [2.75, 3.05) is 5.32 Å². The van der Waals surface area contributed by atoms with Gasteiger partial charge in [0.25, 0.3) is 0 Å². The highest BCUT2D eigenvalue weighted by molar-refractivity contribution is 5.81. The molecule has 0 saturated heterocycles. The quantitative estimate of drug-likeness (QED) is 0.644. The van der Waals surface area contributed by atoms with Crippen molar-refractivity contribution in [2.24, 2.45) is 0 Å². The van der Waals surface area contributed by atoms with Crippen molar-refractivity contribution < 1.29 is 0 Å². The predicted octanol–water partition coefficient (Wildman–Crippen LogP) is 5.71. The van der Waals surface area contributed by atoms with E-state index in [4.69, 9.17) is 0 Å². The first-order chi connectivity index (χ1) is 10.2. The zero-order valence-corrected chi connectivity index (χ0v) is 12.4. The minimum absolute atomic E-state index is 1.12. The van der Waals surface area contributed by atoms with E-state index in [-0.39, 0.29) is 0 Å². The maximum atomic E-state index is 3.55. The van der Waals surface area contributed by atoms with Crippen LogP contribution in [0, 0.1) is 13.8 Å². The number of nitrogens with one attached hydrogen (secondary N) is 1. The molecule has 0 bridgehead atoms. The lowest BCUT2D eigenvalue weighted by Gasteiger charge is -2.14. The smallest absolute Gasteiger partial charge is 0.0466 e. The van der Waals surface area contributed by atoms with Crippen LogP contribution in [-0.4, -0.2) is 0 Å². The first kappa shape index (κ1) is 13.4. The van der Waals surface area contributed by atoms with Gasteiger partial charge in [0.15, 0.2) is 0 Å². The Morgan fingerprint density at radius 2 is 1.43 bits per heavy atom. The van der Waals surface area contributed by atoms with E-state index >= 15 is 0 Å². The van der Waals surface area contributed by atoms with Crippen molar-refractivity contribution in [3.8, 4) is 11.1 Å². The molecule has 3 aromatic rings. The van der Waals surface area contributed by atoms with E-state index < -0.39 is 0 Å². The van der Waals surface area contributed by atoms with Crippen molar-refractivity contribution >= 4 is 11.4 Å². The zero-order chi connectivity index (χ0) is 14.7.